The maximum atomic E-state index is 11.8. The lowest BCUT2D eigenvalue weighted by molar-refractivity contribution is 0.0601. The quantitative estimate of drug-likeness (QED) is 0.340. The van der Waals surface area contributed by atoms with E-state index in [1.54, 1.807) is 31.5 Å². The average molecular weight is 475 g/mol. The second kappa shape index (κ2) is 9.96. The Labute approximate surface area is 195 Å². The fraction of sp³-hybridized carbons (Fsp3) is 0.0870. The minimum atomic E-state index is -0.542. The van der Waals surface area contributed by atoms with Gasteiger partial charge in [-0.1, -0.05) is 46.9 Å². The molecule has 0 aliphatic rings. The predicted octanol–water partition coefficient (Wildman–Crippen LogP) is 6.45. The fourth-order valence-electron chi connectivity index (χ4n) is 2.98. The highest BCUT2D eigenvalue weighted by Crippen LogP contribution is 2.36. The normalized spacial score (nSPS) is 12.4. The Morgan fingerprint density at radius 3 is 2.06 bits per heavy atom. The summed E-state index contributed by atoms with van der Waals surface area (Å²) in [4.78, 5) is 20.5. The summed E-state index contributed by atoms with van der Waals surface area (Å²) in [5.74, 6) is -0.542. The van der Waals surface area contributed by atoms with Crippen LogP contribution in [0.1, 0.15) is 28.4 Å². The number of benzene rings is 2. The molecular formula is C23H18Cl3N3O2. The lowest BCUT2D eigenvalue weighted by Crippen LogP contribution is -2.08. The molecule has 3 rings (SSSR count). The number of aliphatic imine (C=N–C) groups is 1. The second-order valence-electron chi connectivity index (χ2n) is 6.51. The number of allylic oxidation sites excluding steroid dienone is 1. The molecule has 0 unspecified atom stereocenters. The van der Waals surface area contributed by atoms with Crippen molar-refractivity contribution in [2.24, 2.45) is 10.7 Å². The Morgan fingerprint density at radius 2 is 1.52 bits per heavy atom. The van der Waals surface area contributed by atoms with Crippen LogP contribution >= 0.6 is 34.8 Å². The van der Waals surface area contributed by atoms with Gasteiger partial charge in [0.15, 0.2) is 0 Å². The average Bonchev–Trinajstić information content (AvgIpc) is 2.77. The molecule has 0 saturated heterocycles. The number of hydrogen-bond donors (Lipinski definition) is 1. The predicted molar refractivity (Wildman–Crippen MR) is 127 cm³/mol. The van der Waals surface area contributed by atoms with Gasteiger partial charge in [0.05, 0.1) is 22.7 Å². The van der Waals surface area contributed by atoms with Crippen molar-refractivity contribution in [3.63, 3.8) is 0 Å². The van der Waals surface area contributed by atoms with Crippen LogP contribution in [0.25, 0.3) is 11.3 Å². The van der Waals surface area contributed by atoms with Crippen LogP contribution in [0.2, 0.25) is 15.1 Å². The molecule has 3 aromatic rings. The van der Waals surface area contributed by atoms with Gasteiger partial charge in [-0.15, -0.1) is 0 Å². The molecule has 158 valence electrons. The summed E-state index contributed by atoms with van der Waals surface area (Å²) in [7, 11) is 1.28. The minimum absolute atomic E-state index is 0.213. The molecule has 8 heteroatoms. The van der Waals surface area contributed by atoms with Crippen molar-refractivity contribution in [2.75, 3.05) is 7.11 Å². The van der Waals surface area contributed by atoms with Gasteiger partial charge < -0.3 is 10.5 Å². The highest BCUT2D eigenvalue weighted by atomic mass is 35.5. The zero-order valence-electron chi connectivity index (χ0n) is 16.7. The monoisotopic (exact) mass is 473 g/mol. The first-order chi connectivity index (χ1) is 14.8. The van der Waals surface area contributed by atoms with E-state index in [0.717, 1.165) is 11.1 Å². The van der Waals surface area contributed by atoms with Crippen LogP contribution in [0.3, 0.4) is 0 Å². The van der Waals surface area contributed by atoms with Crippen LogP contribution in [0, 0.1) is 0 Å². The maximum absolute atomic E-state index is 11.8. The number of rotatable bonds is 5. The van der Waals surface area contributed by atoms with E-state index in [-0.39, 0.29) is 15.6 Å². The van der Waals surface area contributed by atoms with Crippen molar-refractivity contribution in [3.05, 3.63) is 92.7 Å². The van der Waals surface area contributed by atoms with Crippen LogP contribution in [-0.4, -0.2) is 23.8 Å². The molecule has 2 aromatic carbocycles. The lowest BCUT2D eigenvalue weighted by atomic mass is 9.96. The van der Waals surface area contributed by atoms with Crippen molar-refractivity contribution in [2.45, 2.75) is 6.92 Å². The number of halogens is 3. The van der Waals surface area contributed by atoms with Crippen molar-refractivity contribution in [1.29, 1.82) is 0 Å². The number of ether oxygens (including phenoxy) is 1. The summed E-state index contributed by atoms with van der Waals surface area (Å²) < 4.78 is 4.72. The van der Waals surface area contributed by atoms with Crippen LogP contribution < -0.4 is 5.73 Å². The summed E-state index contributed by atoms with van der Waals surface area (Å²) in [6.45, 7) is 1.80. The van der Waals surface area contributed by atoms with E-state index in [1.165, 1.54) is 19.2 Å². The Balaban J connectivity index is 2.18. The van der Waals surface area contributed by atoms with Gasteiger partial charge in [-0.25, -0.2) is 9.79 Å². The summed E-state index contributed by atoms with van der Waals surface area (Å²) in [6.07, 6.45) is 3.32. The zero-order valence-corrected chi connectivity index (χ0v) is 19.0. The van der Waals surface area contributed by atoms with Gasteiger partial charge in [-0.2, -0.15) is 0 Å². The Morgan fingerprint density at radius 1 is 0.935 bits per heavy atom. The van der Waals surface area contributed by atoms with Crippen LogP contribution in [-0.2, 0) is 4.74 Å². The molecular weight excluding hydrogens is 457 g/mol. The third-order valence-electron chi connectivity index (χ3n) is 4.47. The first-order valence-corrected chi connectivity index (χ1v) is 10.2. The number of methoxy groups -OCH3 is 1. The molecule has 0 atom stereocenters. The SMILES string of the molecule is COC(=O)c1cc(Cl)c(N=C(C)C(=C(N)c2ccncc2)c2ccc(Cl)cc2)c(Cl)c1. The van der Waals surface area contributed by atoms with Gasteiger partial charge in [0.1, 0.15) is 5.69 Å². The van der Waals surface area contributed by atoms with Crippen LogP contribution in [0.15, 0.2) is 65.9 Å². The number of carbonyl (C=O) groups is 1. The van der Waals surface area contributed by atoms with Crippen LogP contribution in [0.4, 0.5) is 5.69 Å². The number of nitrogens with zero attached hydrogens (tertiary/aromatic N) is 2. The highest BCUT2D eigenvalue weighted by molar-refractivity contribution is 6.40. The van der Waals surface area contributed by atoms with Gasteiger partial charge >= 0.3 is 5.97 Å². The molecule has 0 fully saturated rings. The first-order valence-electron chi connectivity index (χ1n) is 9.11. The number of aromatic nitrogens is 1. The summed E-state index contributed by atoms with van der Waals surface area (Å²) in [6, 6.07) is 13.8. The standard InChI is InChI=1S/C23H18Cl3N3O2/c1-13(29-22-18(25)11-16(12-19(22)26)23(30)31-2)20(14-3-5-17(24)6-4-14)21(27)15-7-9-28-10-8-15/h3-12H,27H2,1-2H3. The molecule has 1 heterocycles. The van der Waals surface area contributed by atoms with E-state index in [9.17, 15) is 4.79 Å². The minimum Gasteiger partial charge on any atom is -0.465 e. The Bertz CT molecular complexity index is 1150. The number of pyridine rings is 1. The van der Waals surface area contributed by atoms with Crippen molar-refractivity contribution in [3.8, 4) is 0 Å². The smallest absolute Gasteiger partial charge is 0.337 e. The molecule has 0 amide bonds. The van der Waals surface area contributed by atoms with Gasteiger partial charge in [-0.05, 0) is 48.9 Å². The van der Waals surface area contributed by atoms with Crippen molar-refractivity contribution >= 4 is 63.4 Å². The van der Waals surface area contributed by atoms with Crippen molar-refractivity contribution < 1.29 is 9.53 Å². The summed E-state index contributed by atoms with van der Waals surface area (Å²) in [5.41, 5.74) is 10.5. The fourth-order valence-corrected chi connectivity index (χ4v) is 3.68. The number of hydrogen-bond acceptors (Lipinski definition) is 5. The molecule has 0 spiro atoms. The molecule has 0 saturated carbocycles. The molecule has 2 N–H and O–H groups in total. The number of esters is 1. The van der Waals surface area contributed by atoms with Crippen molar-refractivity contribution in [1.82, 2.24) is 4.98 Å². The summed E-state index contributed by atoms with van der Waals surface area (Å²) >= 11 is 18.8. The molecule has 1 aromatic heterocycles. The molecule has 0 aliphatic heterocycles. The summed E-state index contributed by atoms with van der Waals surface area (Å²) in [5, 5.41) is 1.03. The largest absolute Gasteiger partial charge is 0.465 e. The second-order valence-corrected chi connectivity index (χ2v) is 7.76. The molecule has 5 nitrogen and oxygen atoms in total. The van der Waals surface area contributed by atoms with E-state index >= 15 is 0 Å². The number of nitrogens with two attached hydrogens (primary N) is 1. The third-order valence-corrected chi connectivity index (χ3v) is 5.30. The van der Waals surface area contributed by atoms with E-state index in [2.05, 4.69) is 9.98 Å². The highest BCUT2D eigenvalue weighted by Gasteiger charge is 2.17. The van der Waals surface area contributed by atoms with Gasteiger partial charge in [0.2, 0.25) is 0 Å². The Hall–Kier alpha value is -2.86. The molecule has 0 aliphatic carbocycles. The third kappa shape index (κ3) is 5.25. The Kier molecular flexibility index (Phi) is 7.33. The molecule has 0 radical (unpaired) electrons. The molecule has 0 bridgehead atoms. The topological polar surface area (TPSA) is 77.6 Å². The van der Waals surface area contributed by atoms with E-state index in [4.69, 9.17) is 45.3 Å². The van der Waals surface area contributed by atoms with Gasteiger partial charge in [-0.3, -0.25) is 4.98 Å². The number of carbonyl (C=O) groups excluding carboxylic acids is 1. The lowest BCUT2D eigenvalue weighted by Gasteiger charge is -2.14. The van der Waals surface area contributed by atoms with E-state index < -0.39 is 5.97 Å². The maximum Gasteiger partial charge on any atom is 0.337 e. The van der Waals surface area contributed by atoms with E-state index in [0.29, 0.717) is 27.7 Å². The zero-order chi connectivity index (χ0) is 22.5. The van der Waals surface area contributed by atoms with E-state index in [1.807, 2.05) is 24.3 Å². The van der Waals surface area contributed by atoms with Gasteiger partial charge in [0, 0.05) is 40.0 Å². The van der Waals surface area contributed by atoms with Crippen LogP contribution in [0.5, 0.6) is 0 Å². The first kappa shape index (κ1) is 22.8. The van der Waals surface area contributed by atoms with Gasteiger partial charge in [0.25, 0.3) is 0 Å². The molecule has 31 heavy (non-hydrogen) atoms.